The normalized spacial score (nSPS) is 18.6. The molecule has 1 aliphatic rings. The Hall–Kier alpha value is -1.59. The van der Waals surface area contributed by atoms with Gasteiger partial charge in [-0.25, -0.2) is 4.79 Å². The summed E-state index contributed by atoms with van der Waals surface area (Å²) in [6.45, 7) is 5.07. The molecule has 0 unspecified atom stereocenters. The summed E-state index contributed by atoms with van der Waals surface area (Å²) in [4.78, 5) is 13.5. The van der Waals surface area contributed by atoms with E-state index in [2.05, 4.69) is 0 Å². The molecule has 1 atom stereocenters. The summed E-state index contributed by atoms with van der Waals surface area (Å²) in [5.41, 5.74) is 1.16. The molecule has 1 aromatic carbocycles. The van der Waals surface area contributed by atoms with E-state index in [1.165, 1.54) is 0 Å². The molecule has 2 rings (SSSR count). The van der Waals surface area contributed by atoms with Crippen molar-refractivity contribution >= 4 is 6.09 Å². The first-order valence-corrected chi connectivity index (χ1v) is 6.98. The molecular weight excluding hydrogens is 258 g/mol. The summed E-state index contributed by atoms with van der Waals surface area (Å²) in [6, 6.07) is 9.96. The van der Waals surface area contributed by atoms with Crippen LogP contribution in [0.5, 0.6) is 0 Å². The van der Waals surface area contributed by atoms with Gasteiger partial charge in [0, 0.05) is 13.2 Å². The zero-order valence-electron chi connectivity index (χ0n) is 12.0. The van der Waals surface area contributed by atoms with Crippen LogP contribution < -0.4 is 0 Å². The Bertz CT molecular complexity index is 417. The molecule has 1 amide bonds. The highest BCUT2D eigenvalue weighted by molar-refractivity contribution is 5.70. The van der Waals surface area contributed by atoms with Crippen molar-refractivity contribution in [2.75, 3.05) is 19.8 Å². The smallest absolute Gasteiger partial charge is 0.414 e. The van der Waals surface area contributed by atoms with E-state index in [0.717, 1.165) is 12.0 Å². The van der Waals surface area contributed by atoms with E-state index in [0.29, 0.717) is 19.8 Å². The molecule has 0 saturated carbocycles. The van der Waals surface area contributed by atoms with Crippen molar-refractivity contribution in [2.24, 2.45) is 0 Å². The predicted molar refractivity (Wildman–Crippen MR) is 74.2 cm³/mol. The van der Waals surface area contributed by atoms with Gasteiger partial charge in [0.05, 0.1) is 6.04 Å². The molecule has 0 radical (unpaired) electrons. The minimum Gasteiger partial charge on any atom is -0.447 e. The van der Waals surface area contributed by atoms with Crippen molar-refractivity contribution in [3.05, 3.63) is 35.9 Å². The molecule has 5 nitrogen and oxygen atoms in total. The van der Waals surface area contributed by atoms with Crippen molar-refractivity contribution in [2.45, 2.75) is 32.7 Å². The molecule has 1 fully saturated rings. The molecule has 0 aromatic heterocycles. The van der Waals surface area contributed by atoms with Crippen LogP contribution in [0.1, 0.15) is 19.4 Å². The van der Waals surface area contributed by atoms with Crippen molar-refractivity contribution in [1.82, 2.24) is 4.90 Å². The van der Waals surface area contributed by atoms with Gasteiger partial charge in [-0.1, -0.05) is 30.3 Å². The van der Waals surface area contributed by atoms with Crippen molar-refractivity contribution in [3.8, 4) is 0 Å². The lowest BCUT2D eigenvalue weighted by atomic mass is 10.1. The number of amides is 1. The van der Waals surface area contributed by atoms with Crippen molar-refractivity contribution in [3.63, 3.8) is 0 Å². The SMILES string of the molecule is CCOC(OCC)N1C(=O)OC[C@@H]1Cc1ccccc1. The van der Waals surface area contributed by atoms with E-state index >= 15 is 0 Å². The molecule has 1 aromatic rings. The standard InChI is InChI=1S/C15H21NO4/c1-3-18-15(19-4-2)16-13(11-20-14(16)17)10-12-8-6-5-7-9-12/h5-9,13,15H,3-4,10-11H2,1-2H3/t13-/m0/s1. The molecule has 0 spiro atoms. The highest BCUT2D eigenvalue weighted by Crippen LogP contribution is 2.21. The topological polar surface area (TPSA) is 48.0 Å². The highest BCUT2D eigenvalue weighted by Gasteiger charge is 2.39. The third-order valence-corrected chi connectivity index (χ3v) is 3.16. The van der Waals surface area contributed by atoms with Gasteiger partial charge in [-0.3, -0.25) is 4.90 Å². The Morgan fingerprint density at radius 1 is 1.25 bits per heavy atom. The Morgan fingerprint density at radius 3 is 2.50 bits per heavy atom. The number of carbonyl (C=O) groups excluding carboxylic acids is 1. The number of rotatable bonds is 7. The number of nitrogens with zero attached hydrogens (tertiary/aromatic N) is 1. The van der Waals surface area contributed by atoms with Crippen LogP contribution in [0.2, 0.25) is 0 Å². The van der Waals surface area contributed by atoms with E-state index in [4.69, 9.17) is 14.2 Å². The van der Waals surface area contributed by atoms with Crippen LogP contribution in [-0.2, 0) is 20.6 Å². The molecular formula is C15H21NO4. The average molecular weight is 279 g/mol. The van der Waals surface area contributed by atoms with Gasteiger partial charge in [0.2, 0.25) is 6.41 Å². The molecule has 20 heavy (non-hydrogen) atoms. The summed E-state index contributed by atoms with van der Waals surface area (Å²) in [7, 11) is 0. The fourth-order valence-electron chi connectivity index (χ4n) is 2.27. The fraction of sp³-hybridized carbons (Fsp3) is 0.533. The maximum Gasteiger partial charge on any atom is 0.414 e. The summed E-state index contributed by atoms with van der Waals surface area (Å²) < 4.78 is 16.2. The Morgan fingerprint density at radius 2 is 1.90 bits per heavy atom. The molecule has 5 heteroatoms. The van der Waals surface area contributed by atoms with Gasteiger partial charge in [0.15, 0.2) is 0 Å². The second-order valence-corrected chi connectivity index (χ2v) is 4.55. The third-order valence-electron chi connectivity index (χ3n) is 3.16. The van der Waals surface area contributed by atoms with E-state index in [1.54, 1.807) is 4.90 Å². The summed E-state index contributed by atoms with van der Waals surface area (Å²) in [5, 5.41) is 0. The van der Waals surface area contributed by atoms with Gasteiger partial charge in [-0.05, 0) is 25.8 Å². The fourth-order valence-corrected chi connectivity index (χ4v) is 2.27. The number of benzene rings is 1. The Labute approximate surface area is 119 Å². The van der Waals surface area contributed by atoms with Crippen LogP contribution in [0.4, 0.5) is 4.79 Å². The van der Waals surface area contributed by atoms with Gasteiger partial charge in [0.25, 0.3) is 0 Å². The first-order chi connectivity index (χ1) is 9.76. The quantitative estimate of drug-likeness (QED) is 0.719. The summed E-state index contributed by atoms with van der Waals surface area (Å²) in [5.74, 6) is 0. The maximum absolute atomic E-state index is 11.9. The van der Waals surface area contributed by atoms with Crippen LogP contribution in [0.3, 0.4) is 0 Å². The first kappa shape index (κ1) is 14.8. The zero-order chi connectivity index (χ0) is 14.4. The Balaban J connectivity index is 2.08. The van der Waals surface area contributed by atoms with E-state index in [-0.39, 0.29) is 12.1 Å². The van der Waals surface area contributed by atoms with Crippen LogP contribution in [-0.4, -0.2) is 43.3 Å². The highest BCUT2D eigenvalue weighted by atomic mass is 16.7. The van der Waals surface area contributed by atoms with Gasteiger partial charge in [0.1, 0.15) is 6.61 Å². The molecule has 0 N–H and O–H groups in total. The summed E-state index contributed by atoms with van der Waals surface area (Å²) in [6.07, 6.45) is -0.324. The van der Waals surface area contributed by atoms with Crippen LogP contribution in [0.25, 0.3) is 0 Å². The van der Waals surface area contributed by atoms with Gasteiger partial charge < -0.3 is 14.2 Å². The molecule has 0 aliphatic carbocycles. The number of hydrogen-bond donors (Lipinski definition) is 0. The minimum absolute atomic E-state index is 0.0620. The second kappa shape index (κ2) is 7.26. The lowest BCUT2D eigenvalue weighted by molar-refractivity contribution is -0.208. The third kappa shape index (κ3) is 3.49. The van der Waals surface area contributed by atoms with Gasteiger partial charge >= 0.3 is 6.09 Å². The van der Waals surface area contributed by atoms with Gasteiger partial charge in [-0.2, -0.15) is 0 Å². The van der Waals surface area contributed by atoms with Gasteiger partial charge in [-0.15, -0.1) is 0 Å². The predicted octanol–water partition coefficient (Wildman–Crippen LogP) is 2.41. The van der Waals surface area contributed by atoms with E-state index < -0.39 is 6.41 Å². The molecule has 1 heterocycles. The molecule has 1 aliphatic heterocycles. The maximum atomic E-state index is 11.9. The van der Waals surface area contributed by atoms with Crippen LogP contribution in [0, 0.1) is 0 Å². The summed E-state index contributed by atoms with van der Waals surface area (Å²) >= 11 is 0. The number of cyclic esters (lactones) is 1. The average Bonchev–Trinajstić information content (AvgIpc) is 2.81. The molecule has 1 saturated heterocycles. The first-order valence-electron chi connectivity index (χ1n) is 6.98. The molecule has 0 bridgehead atoms. The van der Waals surface area contributed by atoms with E-state index in [9.17, 15) is 4.79 Å². The van der Waals surface area contributed by atoms with E-state index in [1.807, 2.05) is 44.2 Å². The van der Waals surface area contributed by atoms with Crippen LogP contribution in [0.15, 0.2) is 30.3 Å². The minimum atomic E-state index is -0.672. The lowest BCUT2D eigenvalue weighted by Gasteiger charge is -2.29. The zero-order valence-corrected chi connectivity index (χ0v) is 12.0. The number of carbonyl (C=O) groups is 1. The van der Waals surface area contributed by atoms with Crippen molar-refractivity contribution < 1.29 is 19.0 Å². The number of hydrogen-bond acceptors (Lipinski definition) is 4. The number of ether oxygens (including phenoxy) is 3. The molecule has 110 valence electrons. The Kier molecular flexibility index (Phi) is 5.38. The largest absolute Gasteiger partial charge is 0.447 e. The van der Waals surface area contributed by atoms with Crippen LogP contribution >= 0.6 is 0 Å². The second-order valence-electron chi connectivity index (χ2n) is 4.55. The monoisotopic (exact) mass is 279 g/mol. The van der Waals surface area contributed by atoms with Crippen molar-refractivity contribution in [1.29, 1.82) is 0 Å². The lowest BCUT2D eigenvalue weighted by Crippen LogP contribution is -2.46.